The van der Waals surface area contributed by atoms with Crippen LogP contribution >= 0.6 is 0 Å². The average Bonchev–Trinajstić information content (AvgIpc) is 2.46. The monoisotopic (exact) mass is 281 g/mol. The van der Waals surface area contributed by atoms with Gasteiger partial charge in [-0.25, -0.2) is 0 Å². The summed E-state index contributed by atoms with van der Waals surface area (Å²) in [5, 5.41) is 12.8. The molecule has 0 aromatic rings. The summed E-state index contributed by atoms with van der Waals surface area (Å²) in [6.45, 7) is 9.10. The summed E-state index contributed by atoms with van der Waals surface area (Å²) in [4.78, 5) is 2.33. The highest BCUT2D eigenvalue weighted by molar-refractivity contribution is 5.05. The number of hydrogen-bond donors (Lipinski definition) is 1. The van der Waals surface area contributed by atoms with Crippen molar-refractivity contribution in [1.82, 2.24) is 10.2 Å². The van der Waals surface area contributed by atoms with Gasteiger partial charge in [0.2, 0.25) is 0 Å². The van der Waals surface area contributed by atoms with Crippen LogP contribution in [0.2, 0.25) is 0 Å². The minimum Gasteiger partial charge on any atom is -0.377 e. The third-order valence-electron chi connectivity index (χ3n) is 4.23. The van der Waals surface area contributed by atoms with E-state index in [1.165, 1.54) is 19.3 Å². The van der Waals surface area contributed by atoms with Crippen molar-refractivity contribution in [3.8, 4) is 6.07 Å². The van der Waals surface area contributed by atoms with Gasteiger partial charge in [-0.05, 0) is 59.5 Å². The van der Waals surface area contributed by atoms with E-state index in [1.807, 2.05) is 6.92 Å². The lowest BCUT2D eigenvalue weighted by Crippen LogP contribution is -2.48. The fourth-order valence-corrected chi connectivity index (χ4v) is 2.76. The summed E-state index contributed by atoms with van der Waals surface area (Å²) in [5.74, 6) is 0. The van der Waals surface area contributed by atoms with Gasteiger partial charge in [-0.15, -0.1) is 0 Å². The van der Waals surface area contributed by atoms with Crippen LogP contribution in [0.5, 0.6) is 0 Å². The van der Waals surface area contributed by atoms with Gasteiger partial charge < -0.3 is 9.64 Å². The number of hydrogen-bond acceptors (Lipinski definition) is 4. The zero-order valence-electron chi connectivity index (χ0n) is 13.6. The van der Waals surface area contributed by atoms with Gasteiger partial charge in [0.05, 0.1) is 12.2 Å². The van der Waals surface area contributed by atoms with Gasteiger partial charge >= 0.3 is 0 Å². The molecule has 0 aromatic heterocycles. The molecule has 116 valence electrons. The third-order valence-corrected chi connectivity index (χ3v) is 4.23. The topological polar surface area (TPSA) is 48.3 Å². The van der Waals surface area contributed by atoms with Gasteiger partial charge in [-0.3, -0.25) is 5.32 Å². The molecule has 4 nitrogen and oxygen atoms in total. The summed E-state index contributed by atoms with van der Waals surface area (Å²) in [6.07, 6.45) is 5.91. The highest BCUT2D eigenvalue weighted by atomic mass is 16.5. The van der Waals surface area contributed by atoms with Crippen LogP contribution in [-0.4, -0.2) is 49.3 Å². The van der Waals surface area contributed by atoms with Crippen LogP contribution in [0.25, 0.3) is 0 Å². The standard InChI is InChI=1S/C16H31N3O/c1-5-9-18-16(3,13-17)11-14(2)19(4)12-15-8-6-7-10-20-15/h14-15,18H,5-12H2,1-4H3. The molecule has 0 aromatic carbocycles. The van der Waals surface area contributed by atoms with Gasteiger partial charge in [0, 0.05) is 19.2 Å². The quantitative estimate of drug-likeness (QED) is 0.743. The molecule has 0 saturated carbocycles. The van der Waals surface area contributed by atoms with E-state index in [0.29, 0.717) is 12.1 Å². The Hall–Kier alpha value is -0.630. The molecule has 1 fully saturated rings. The van der Waals surface area contributed by atoms with Crippen molar-refractivity contribution in [2.45, 2.75) is 70.6 Å². The van der Waals surface area contributed by atoms with Crippen LogP contribution in [-0.2, 0) is 4.74 Å². The summed E-state index contributed by atoms with van der Waals surface area (Å²) < 4.78 is 5.80. The van der Waals surface area contributed by atoms with Crippen LogP contribution in [0.15, 0.2) is 0 Å². The summed E-state index contributed by atoms with van der Waals surface area (Å²) >= 11 is 0. The maximum Gasteiger partial charge on any atom is 0.105 e. The fourth-order valence-electron chi connectivity index (χ4n) is 2.76. The molecule has 0 aliphatic carbocycles. The Morgan fingerprint density at radius 3 is 2.80 bits per heavy atom. The first kappa shape index (κ1) is 17.4. The largest absolute Gasteiger partial charge is 0.377 e. The molecule has 20 heavy (non-hydrogen) atoms. The lowest BCUT2D eigenvalue weighted by atomic mass is 9.94. The smallest absolute Gasteiger partial charge is 0.105 e. The lowest BCUT2D eigenvalue weighted by molar-refractivity contribution is -0.00858. The Kier molecular flexibility index (Phi) is 7.50. The molecule has 1 aliphatic heterocycles. The van der Waals surface area contributed by atoms with Crippen LogP contribution in [0.1, 0.15) is 52.9 Å². The van der Waals surface area contributed by atoms with Crippen molar-refractivity contribution in [2.75, 3.05) is 26.7 Å². The maximum atomic E-state index is 9.41. The Morgan fingerprint density at radius 2 is 2.25 bits per heavy atom. The fraction of sp³-hybridized carbons (Fsp3) is 0.938. The van der Waals surface area contributed by atoms with E-state index in [2.05, 4.69) is 37.2 Å². The number of nitrogens with one attached hydrogen (secondary N) is 1. The molecule has 0 radical (unpaired) electrons. The Balaban J connectivity index is 2.42. The van der Waals surface area contributed by atoms with Crippen molar-refractivity contribution < 1.29 is 4.74 Å². The maximum absolute atomic E-state index is 9.41. The SMILES string of the molecule is CCCNC(C)(C#N)CC(C)N(C)CC1CCCCO1. The molecule has 0 spiro atoms. The van der Waals surface area contributed by atoms with E-state index in [-0.39, 0.29) is 0 Å². The van der Waals surface area contributed by atoms with Crippen LogP contribution < -0.4 is 5.32 Å². The van der Waals surface area contributed by atoms with E-state index in [9.17, 15) is 5.26 Å². The molecule has 0 amide bonds. The first-order chi connectivity index (χ1) is 9.50. The number of ether oxygens (including phenoxy) is 1. The summed E-state index contributed by atoms with van der Waals surface area (Å²) in [5.41, 5.74) is -0.433. The summed E-state index contributed by atoms with van der Waals surface area (Å²) in [7, 11) is 2.14. The van der Waals surface area contributed by atoms with E-state index in [1.54, 1.807) is 0 Å². The minimum atomic E-state index is -0.433. The van der Waals surface area contributed by atoms with Gasteiger partial charge in [-0.1, -0.05) is 6.92 Å². The Morgan fingerprint density at radius 1 is 1.50 bits per heavy atom. The second-order valence-corrected chi connectivity index (χ2v) is 6.35. The normalized spacial score (nSPS) is 24.1. The van der Waals surface area contributed by atoms with Crippen LogP contribution in [0.4, 0.5) is 0 Å². The minimum absolute atomic E-state index is 0.369. The summed E-state index contributed by atoms with van der Waals surface area (Å²) in [6, 6.07) is 2.80. The van der Waals surface area contributed by atoms with Crippen molar-refractivity contribution in [3.63, 3.8) is 0 Å². The second-order valence-electron chi connectivity index (χ2n) is 6.35. The molecule has 1 rings (SSSR count). The molecule has 4 heteroatoms. The first-order valence-corrected chi connectivity index (χ1v) is 7.99. The molecular weight excluding hydrogens is 250 g/mol. The molecule has 1 saturated heterocycles. The number of rotatable bonds is 8. The Bertz CT molecular complexity index is 309. The zero-order valence-corrected chi connectivity index (χ0v) is 13.6. The van der Waals surface area contributed by atoms with E-state index in [0.717, 1.165) is 32.5 Å². The van der Waals surface area contributed by atoms with Crippen LogP contribution in [0.3, 0.4) is 0 Å². The lowest BCUT2D eigenvalue weighted by Gasteiger charge is -2.34. The second kappa shape index (κ2) is 8.61. The van der Waals surface area contributed by atoms with E-state index >= 15 is 0 Å². The molecule has 1 aliphatic rings. The molecule has 0 bridgehead atoms. The van der Waals surface area contributed by atoms with Crippen molar-refractivity contribution in [2.24, 2.45) is 0 Å². The highest BCUT2D eigenvalue weighted by Gasteiger charge is 2.28. The van der Waals surface area contributed by atoms with Crippen molar-refractivity contribution in [1.29, 1.82) is 5.26 Å². The molecular formula is C16H31N3O. The number of nitrogens with zero attached hydrogens (tertiary/aromatic N) is 2. The van der Waals surface area contributed by atoms with Gasteiger partial charge in [0.25, 0.3) is 0 Å². The third kappa shape index (κ3) is 5.78. The predicted octanol–water partition coefficient (Wildman–Crippen LogP) is 2.55. The molecule has 3 atom stereocenters. The van der Waals surface area contributed by atoms with Crippen LogP contribution in [0, 0.1) is 11.3 Å². The highest BCUT2D eigenvalue weighted by Crippen LogP contribution is 2.18. The van der Waals surface area contributed by atoms with Gasteiger partial charge in [0.15, 0.2) is 0 Å². The van der Waals surface area contributed by atoms with Crippen molar-refractivity contribution in [3.05, 3.63) is 0 Å². The molecule has 1 heterocycles. The number of nitriles is 1. The average molecular weight is 281 g/mol. The predicted molar refractivity (Wildman–Crippen MR) is 82.6 cm³/mol. The van der Waals surface area contributed by atoms with Gasteiger partial charge in [-0.2, -0.15) is 5.26 Å². The van der Waals surface area contributed by atoms with E-state index in [4.69, 9.17) is 4.74 Å². The first-order valence-electron chi connectivity index (χ1n) is 7.99. The van der Waals surface area contributed by atoms with Crippen molar-refractivity contribution >= 4 is 0 Å². The Labute approximate surface area is 124 Å². The zero-order chi connectivity index (χ0) is 15.0. The van der Waals surface area contributed by atoms with Gasteiger partial charge in [0.1, 0.15) is 5.54 Å². The molecule has 3 unspecified atom stereocenters. The number of likely N-dealkylation sites (N-methyl/N-ethyl adjacent to an activating group) is 1. The molecule has 1 N–H and O–H groups in total. The van der Waals surface area contributed by atoms with E-state index < -0.39 is 5.54 Å².